The number of thiophene rings is 1. The zero-order valence-electron chi connectivity index (χ0n) is 13.2. The molecule has 0 saturated carbocycles. The number of rotatable bonds is 4. The van der Waals surface area contributed by atoms with E-state index in [0.717, 1.165) is 40.1 Å². The number of hydrogen-bond donors (Lipinski definition) is 0. The monoisotopic (exact) mass is 338 g/mol. The van der Waals surface area contributed by atoms with Crippen molar-refractivity contribution in [2.45, 2.75) is 18.9 Å². The lowest BCUT2D eigenvalue weighted by Gasteiger charge is -2.25. The normalized spacial score (nSPS) is 17.2. The van der Waals surface area contributed by atoms with Gasteiger partial charge in [0.25, 0.3) is 5.91 Å². The molecule has 122 valence electrons. The molecule has 1 unspecified atom stereocenters. The van der Waals surface area contributed by atoms with E-state index in [1.54, 1.807) is 12.4 Å². The minimum absolute atomic E-state index is 0.0258. The summed E-state index contributed by atoms with van der Waals surface area (Å²) in [7, 11) is 0. The van der Waals surface area contributed by atoms with Gasteiger partial charge in [-0.05, 0) is 42.5 Å². The molecule has 2 aromatic heterocycles. The van der Waals surface area contributed by atoms with E-state index in [1.165, 1.54) is 11.3 Å². The molecule has 1 atom stereocenters. The maximum atomic E-state index is 13.2. The van der Waals surface area contributed by atoms with Crippen molar-refractivity contribution in [2.24, 2.45) is 0 Å². The van der Waals surface area contributed by atoms with Crippen LogP contribution >= 0.6 is 11.3 Å². The Hall–Kier alpha value is -2.24. The standard InChI is InChI=1S/C19H18N2O2S/c22-19(18-12-14-4-1-2-6-17(14)24-18)21(13-16-5-3-11-23-16)15-7-9-20-10-8-15/h1-2,4,6-10,12,16H,3,5,11,13H2. The molecule has 1 fully saturated rings. The van der Waals surface area contributed by atoms with E-state index in [1.807, 2.05) is 47.4 Å². The summed E-state index contributed by atoms with van der Waals surface area (Å²) in [4.78, 5) is 19.8. The van der Waals surface area contributed by atoms with Crippen molar-refractivity contribution in [2.75, 3.05) is 18.1 Å². The van der Waals surface area contributed by atoms with Gasteiger partial charge < -0.3 is 9.64 Å². The zero-order valence-corrected chi connectivity index (χ0v) is 14.0. The van der Waals surface area contributed by atoms with Gasteiger partial charge in [0, 0.05) is 29.4 Å². The maximum Gasteiger partial charge on any atom is 0.268 e. The Bertz CT molecular complexity index is 808. The summed E-state index contributed by atoms with van der Waals surface area (Å²) < 4.78 is 6.88. The van der Waals surface area contributed by atoms with Gasteiger partial charge in [-0.15, -0.1) is 11.3 Å². The van der Waals surface area contributed by atoms with Crippen LogP contribution in [-0.2, 0) is 4.74 Å². The number of nitrogens with zero attached hydrogens (tertiary/aromatic N) is 2. The van der Waals surface area contributed by atoms with Crippen molar-refractivity contribution in [3.8, 4) is 0 Å². The second kappa shape index (κ2) is 6.71. The smallest absolute Gasteiger partial charge is 0.268 e. The van der Waals surface area contributed by atoms with E-state index in [2.05, 4.69) is 4.98 Å². The van der Waals surface area contributed by atoms with Crippen LogP contribution in [0.3, 0.4) is 0 Å². The van der Waals surface area contributed by atoms with Crippen LogP contribution in [0.4, 0.5) is 5.69 Å². The first-order valence-corrected chi connectivity index (χ1v) is 8.95. The van der Waals surface area contributed by atoms with E-state index in [9.17, 15) is 4.79 Å². The molecule has 0 aliphatic carbocycles. The van der Waals surface area contributed by atoms with Gasteiger partial charge in [-0.2, -0.15) is 0 Å². The molecule has 4 rings (SSSR count). The molecule has 1 aromatic carbocycles. The minimum atomic E-state index is 0.0258. The fourth-order valence-electron chi connectivity index (χ4n) is 3.04. The predicted octanol–water partition coefficient (Wildman–Crippen LogP) is 4.12. The van der Waals surface area contributed by atoms with Gasteiger partial charge in [-0.3, -0.25) is 9.78 Å². The highest BCUT2D eigenvalue weighted by atomic mass is 32.1. The molecule has 0 bridgehead atoms. The third-order valence-electron chi connectivity index (χ3n) is 4.27. The Kier molecular flexibility index (Phi) is 4.28. The molecule has 24 heavy (non-hydrogen) atoms. The summed E-state index contributed by atoms with van der Waals surface area (Å²) in [5.74, 6) is 0.0258. The van der Waals surface area contributed by atoms with Gasteiger partial charge in [0.15, 0.2) is 0 Å². The van der Waals surface area contributed by atoms with E-state index < -0.39 is 0 Å². The first kappa shape index (κ1) is 15.3. The number of benzene rings is 1. The van der Waals surface area contributed by atoms with Crippen LogP contribution in [0.5, 0.6) is 0 Å². The van der Waals surface area contributed by atoms with Gasteiger partial charge in [-0.25, -0.2) is 0 Å². The summed E-state index contributed by atoms with van der Waals surface area (Å²) in [6.45, 7) is 1.36. The molecular formula is C19H18N2O2S. The average Bonchev–Trinajstić information content (AvgIpc) is 3.29. The summed E-state index contributed by atoms with van der Waals surface area (Å²) in [6, 6.07) is 13.8. The highest BCUT2D eigenvalue weighted by Crippen LogP contribution is 2.28. The van der Waals surface area contributed by atoms with Gasteiger partial charge in [-0.1, -0.05) is 18.2 Å². The third-order valence-corrected chi connectivity index (χ3v) is 5.37. The topological polar surface area (TPSA) is 42.4 Å². The Morgan fingerprint density at radius 2 is 2.08 bits per heavy atom. The van der Waals surface area contributed by atoms with E-state index in [0.29, 0.717) is 6.54 Å². The van der Waals surface area contributed by atoms with Gasteiger partial charge in [0.2, 0.25) is 0 Å². The molecule has 3 aromatic rings. The number of carbonyl (C=O) groups excluding carboxylic acids is 1. The maximum absolute atomic E-state index is 13.2. The lowest BCUT2D eigenvalue weighted by molar-refractivity contribution is 0.0921. The first-order chi connectivity index (χ1) is 11.8. The van der Waals surface area contributed by atoms with Crippen molar-refractivity contribution < 1.29 is 9.53 Å². The number of amides is 1. The second-order valence-electron chi connectivity index (χ2n) is 5.90. The summed E-state index contributed by atoms with van der Waals surface area (Å²) >= 11 is 1.54. The van der Waals surface area contributed by atoms with E-state index in [-0.39, 0.29) is 12.0 Å². The number of ether oxygens (including phenoxy) is 1. The van der Waals surface area contributed by atoms with E-state index >= 15 is 0 Å². The molecular weight excluding hydrogens is 320 g/mol. The predicted molar refractivity (Wildman–Crippen MR) is 96.7 cm³/mol. The molecule has 0 N–H and O–H groups in total. The molecule has 0 radical (unpaired) electrons. The number of aromatic nitrogens is 1. The van der Waals surface area contributed by atoms with Crippen molar-refractivity contribution in [1.29, 1.82) is 0 Å². The zero-order chi connectivity index (χ0) is 16.4. The third kappa shape index (κ3) is 3.05. The number of anilines is 1. The molecule has 4 nitrogen and oxygen atoms in total. The Morgan fingerprint density at radius 3 is 2.83 bits per heavy atom. The molecule has 1 aliphatic rings. The van der Waals surface area contributed by atoms with Crippen LogP contribution in [0.15, 0.2) is 54.9 Å². The van der Waals surface area contributed by atoms with Crippen molar-refractivity contribution in [1.82, 2.24) is 4.98 Å². The number of pyridine rings is 1. The van der Waals surface area contributed by atoms with Crippen LogP contribution < -0.4 is 4.90 Å². The minimum Gasteiger partial charge on any atom is -0.376 e. The van der Waals surface area contributed by atoms with Crippen LogP contribution in [0.25, 0.3) is 10.1 Å². The van der Waals surface area contributed by atoms with Crippen LogP contribution in [0.2, 0.25) is 0 Å². The van der Waals surface area contributed by atoms with Crippen molar-refractivity contribution in [3.05, 3.63) is 59.7 Å². The molecule has 1 amide bonds. The van der Waals surface area contributed by atoms with Crippen molar-refractivity contribution >= 4 is 33.0 Å². The number of fused-ring (bicyclic) bond motifs is 1. The largest absolute Gasteiger partial charge is 0.376 e. The van der Waals surface area contributed by atoms with Gasteiger partial charge in [0.1, 0.15) is 0 Å². The highest BCUT2D eigenvalue weighted by Gasteiger charge is 2.25. The average molecular weight is 338 g/mol. The summed E-state index contributed by atoms with van der Waals surface area (Å²) in [6.07, 6.45) is 5.61. The lowest BCUT2D eigenvalue weighted by Crippen LogP contribution is -2.37. The summed E-state index contributed by atoms with van der Waals surface area (Å²) in [5, 5.41) is 1.11. The van der Waals surface area contributed by atoms with Crippen LogP contribution in [-0.4, -0.2) is 30.1 Å². The fourth-order valence-corrected chi connectivity index (χ4v) is 4.05. The van der Waals surface area contributed by atoms with Crippen LogP contribution in [0.1, 0.15) is 22.5 Å². The number of carbonyl (C=O) groups is 1. The molecule has 3 heterocycles. The first-order valence-electron chi connectivity index (χ1n) is 8.13. The fraction of sp³-hybridized carbons (Fsp3) is 0.263. The Morgan fingerprint density at radius 1 is 1.25 bits per heavy atom. The van der Waals surface area contributed by atoms with Gasteiger partial charge in [0.05, 0.1) is 17.5 Å². The van der Waals surface area contributed by atoms with Crippen LogP contribution in [0, 0.1) is 0 Å². The van der Waals surface area contributed by atoms with Crippen molar-refractivity contribution in [3.63, 3.8) is 0 Å². The Labute approximate surface area is 144 Å². The quantitative estimate of drug-likeness (QED) is 0.718. The Balaban J connectivity index is 1.67. The lowest BCUT2D eigenvalue weighted by atomic mass is 10.2. The molecule has 1 saturated heterocycles. The van der Waals surface area contributed by atoms with Gasteiger partial charge >= 0.3 is 0 Å². The van der Waals surface area contributed by atoms with E-state index in [4.69, 9.17) is 4.74 Å². The highest BCUT2D eigenvalue weighted by molar-refractivity contribution is 7.20. The second-order valence-corrected chi connectivity index (χ2v) is 6.99. The molecule has 5 heteroatoms. The molecule has 0 spiro atoms. The summed E-state index contributed by atoms with van der Waals surface area (Å²) in [5.41, 5.74) is 0.864. The SMILES string of the molecule is O=C(c1cc2ccccc2s1)N(CC1CCCO1)c1ccncc1. The molecule has 1 aliphatic heterocycles. The number of hydrogen-bond acceptors (Lipinski definition) is 4.